The summed E-state index contributed by atoms with van der Waals surface area (Å²) in [6, 6.07) is 7.25. The molecular formula is C11H14N2O2. The first-order valence-corrected chi connectivity index (χ1v) is 4.68. The number of nitrogens with one attached hydrogen (secondary N) is 1. The van der Waals surface area contributed by atoms with Gasteiger partial charge in [-0.3, -0.25) is 9.59 Å². The van der Waals surface area contributed by atoms with Crippen LogP contribution in [0.15, 0.2) is 24.3 Å². The molecule has 0 aliphatic heterocycles. The fraction of sp³-hybridized carbons (Fsp3) is 0.273. The molecule has 80 valence electrons. The number of benzene rings is 1. The molecule has 0 bridgehead atoms. The molecule has 0 aliphatic rings. The number of hydrogen-bond acceptors (Lipinski definition) is 3. The lowest BCUT2D eigenvalue weighted by atomic mass is 10.2. The highest BCUT2D eigenvalue weighted by Gasteiger charge is 2.04. The first-order valence-electron chi connectivity index (χ1n) is 4.68. The van der Waals surface area contributed by atoms with E-state index < -0.39 is 0 Å². The molecule has 0 aliphatic carbocycles. The fourth-order valence-corrected chi connectivity index (χ4v) is 1.19. The van der Waals surface area contributed by atoms with Crippen LogP contribution in [0.2, 0.25) is 0 Å². The number of hydrogen-bond donors (Lipinski definition) is 2. The van der Waals surface area contributed by atoms with Gasteiger partial charge in [-0.05, 0) is 24.6 Å². The summed E-state index contributed by atoms with van der Waals surface area (Å²) in [5.41, 5.74) is 7.16. The molecule has 0 saturated carbocycles. The van der Waals surface area contributed by atoms with Crippen LogP contribution in [0.1, 0.15) is 18.9 Å². The number of anilines is 1. The molecule has 0 atom stereocenters. The predicted molar refractivity (Wildman–Crippen MR) is 58.0 cm³/mol. The van der Waals surface area contributed by atoms with E-state index in [1.807, 2.05) is 12.1 Å². The normalized spacial score (nSPS) is 9.67. The van der Waals surface area contributed by atoms with Crippen LogP contribution in [0.5, 0.6) is 0 Å². The molecule has 4 nitrogen and oxygen atoms in total. The van der Waals surface area contributed by atoms with Crippen molar-refractivity contribution in [1.82, 2.24) is 5.32 Å². The van der Waals surface area contributed by atoms with E-state index in [-0.39, 0.29) is 18.1 Å². The minimum absolute atomic E-state index is 0.0671. The summed E-state index contributed by atoms with van der Waals surface area (Å²) < 4.78 is 0. The fourth-order valence-electron chi connectivity index (χ4n) is 1.19. The third kappa shape index (κ3) is 4.26. The van der Waals surface area contributed by atoms with Crippen molar-refractivity contribution < 1.29 is 9.59 Å². The van der Waals surface area contributed by atoms with Crippen LogP contribution in [0.4, 0.5) is 5.69 Å². The lowest BCUT2D eigenvalue weighted by molar-refractivity contribution is -0.127. The van der Waals surface area contributed by atoms with Crippen molar-refractivity contribution >= 4 is 17.4 Å². The van der Waals surface area contributed by atoms with Gasteiger partial charge in [0.1, 0.15) is 5.78 Å². The Morgan fingerprint density at radius 1 is 1.40 bits per heavy atom. The van der Waals surface area contributed by atoms with Crippen LogP contribution in [0.3, 0.4) is 0 Å². The van der Waals surface area contributed by atoms with E-state index in [4.69, 9.17) is 5.73 Å². The van der Waals surface area contributed by atoms with Crippen molar-refractivity contribution in [1.29, 1.82) is 0 Å². The minimum Gasteiger partial charge on any atom is -0.399 e. The summed E-state index contributed by atoms with van der Waals surface area (Å²) in [6.45, 7) is 1.79. The molecule has 0 fully saturated rings. The van der Waals surface area contributed by atoms with Gasteiger partial charge in [0.15, 0.2) is 0 Å². The molecule has 0 spiro atoms. The first kappa shape index (κ1) is 11.2. The van der Waals surface area contributed by atoms with Gasteiger partial charge in [-0.1, -0.05) is 12.1 Å². The molecule has 0 saturated heterocycles. The standard InChI is InChI=1S/C11H14N2O2/c1-8(14)5-11(15)13-7-9-3-2-4-10(12)6-9/h2-4,6H,5,7,12H2,1H3,(H,13,15). The second kappa shape index (κ2) is 5.14. The number of rotatable bonds is 4. The molecule has 1 aromatic carbocycles. The first-order chi connectivity index (χ1) is 7.08. The molecular weight excluding hydrogens is 192 g/mol. The summed E-state index contributed by atoms with van der Waals surface area (Å²) in [5.74, 6) is -0.398. The molecule has 1 amide bonds. The summed E-state index contributed by atoms with van der Waals surface area (Å²) in [4.78, 5) is 21.8. The highest BCUT2D eigenvalue weighted by Crippen LogP contribution is 2.05. The molecule has 3 N–H and O–H groups in total. The molecule has 0 unspecified atom stereocenters. The number of ketones is 1. The summed E-state index contributed by atoms with van der Waals surface area (Å²) in [5, 5.41) is 2.64. The Morgan fingerprint density at radius 2 is 2.13 bits per heavy atom. The van der Waals surface area contributed by atoms with E-state index in [0.717, 1.165) is 5.56 Å². The van der Waals surface area contributed by atoms with Crippen molar-refractivity contribution in [3.8, 4) is 0 Å². The van der Waals surface area contributed by atoms with E-state index in [1.165, 1.54) is 6.92 Å². The second-order valence-corrected chi connectivity index (χ2v) is 3.40. The summed E-state index contributed by atoms with van der Waals surface area (Å²) in [7, 11) is 0. The average molecular weight is 206 g/mol. The molecule has 0 heterocycles. The number of nitrogen functional groups attached to an aromatic ring is 1. The SMILES string of the molecule is CC(=O)CC(=O)NCc1cccc(N)c1. The van der Waals surface area contributed by atoms with Crippen LogP contribution in [-0.2, 0) is 16.1 Å². The molecule has 1 rings (SSSR count). The Bertz CT molecular complexity index is 375. The number of Topliss-reactive ketones (excluding diaryl/α,β-unsaturated/α-hetero) is 1. The second-order valence-electron chi connectivity index (χ2n) is 3.40. The van der Waals surface area contributed by atoms with Gasteiger partial charge in [-0.15, -0.1) is 0 Å². The highest BCUT2D eigenvalue weighted by molar-refractivity contribution is 5.96. The molecule has 0 radical (unpaired) electrons. The van der Waals surface area contributed by atoms with Gasteiger partial charge >= 0.3 is 0 Å². The Balaban J connectivity index is 2.43. The van der Waals surface area contributed by atoms with E-state index in [1.54, 1.807) is 12.1 Å². The van der Waals surface area contributed by atoms with Gasteiger partial charge in [-0.25, -0.2) is 0 Å². The Hall–Kier alpha value is -1.84. The zero-order valence-electron chi connectivity index (χ0n) is 8.62. The molecule has 1 aromatic rings. The quantitative estimate of drug-likeness (QED) is 0.567. The number of carbonyl (C=O) groups excluding carboxylic acids is 2. The van der Waals surface area contributed by atoms with Gasteiger partial charge in [-0.2, -0.15) is 0 Å². The van der Waals surface area contributed by atoms with E-state index in [0.29, 0.717) is 12.2 Å². The van der Waals surface area contributed by atoms with Crippen molar-refractivity contribution in [2.45, 2.75) is 19.9 Å². The van der Waals surface area contributed by atoms with E-state index in [2.05, 4.69) is 5.32 Å². The van der Waals surface area contributed by atoms with Crippen molar-refractivity contribution in [2.24, 2.45) is 0 Å². The third-order valence-electron chi connectivity index (χ3n) is 1.85. The summed E-state index contributed by atoms with van der Waals surface area (Å²) >= 11 is 0. The number of nitrogens with two attached hydrogens (primary N) is 1. The number of amides is 1. The zero-order valence-corrected chi connectivity index (χ0v) is 8.62. The predicted octanol–water partition coefficient (Wildman–Crippen LogP) is 0.864. The van der Waals surface area contributed by atoms with E-state index in [9.17, 15) is 9.59 Å². The maximum atomic E-state index is 11.1. The van der Waals surface area contributed by atoms with Crippen molar-refractivity contribution in [2.75, 3.05) is 5.73 Å². The van der Waals surface area contributed by atoms with Gasteiger partial charge in [0, 0.05) is 12.2 Å². The molecule has 15 heavy (non-hydrogen) atoms. The lowest BCUT2D eigenvalue weighted by Crippen LogP contribution is -2.24. The van der Waals surface area contributed by atoms with Crippen LogP contribution in [0, 0.1) is 0 Å². The largest absolute Gasteiger partial charge is 0.399 e. The van der Waals surface area contributed by atoms with Crippen molar-refractivity contribution in [3.05, 3.63) is 29.8 Å². The Morgan fingerprint density at radius 3 is 2.73 bits per heavy atom. The van der Waals surface area contributed by atoms with Crippen molar-refractivity contribution in [3.63, 3.8) is 0 Å². The smallest absolute Gasteiger partial charge is 0.227 e. The van der Waals surface area contributed by atoms with Gasteiger partial charge in [0.25, 0.3) is 0 Å². The van der Waals surface area contributed by atoms with Gasteiger partial charge < -0.3 is 11.1 Å². The summed E-state index contributed by atoms with van der Waals surface area (Å²) in [6.07, 6.45) is -0.0671. The van der Waals surface area contributed by atoms with Gasteiger partial charge in [0.05, 0.1) is 6.42 Å². The Labute approximate surface area is 88.5 Å². The molecule has 0 aromatic heterocycles. The van der Waals surface area contributed by atoms with E-state index >= 15 is 0 Å². The highest BCUT2D eigenvalue weighted by atomic mass is 16.2. The monoisotopic (exact) mass is 206 g/mol. The topological polar surface area (TPSA) is 72.2 Å². The zero-order chi connectivity index (χ0) is 11.3. The maximum Gasteiger partial charge on any atom is 0.227 e. The Kier molecular flexibility index (Phi) is 3.85. The van der Waals surface area contributed by atoms with Gasteiger partial charge in [0.2, 0.25) is 5.91 Å². The third-order valence-corrected chi connectivity index (χ3v) is 1.85. The average Bonchev–Trinajstić information content (AvgIpc) is 2.14. The van der Waals surface area contributed by atoms with Crippen LogP contribution >= 0.6 is 0 Å². The van der Waals surface area contributed by atoms with Crippen LogP contribution in [0.25, 0.3) is 0 Å². The lowest BCUT2D eigenvalue weighted by Gasteiger charge is -2.04. The molecule has 4 heteroatoms. The maximum absolute atomic E-state index is 11.1. The number of carbonyl (C=O) groups is 2. The van der Waals surface area contributed by atoms with Crippen LogP contribution in [-0.4, -0.2) is 11.7 Å². The minimum atomic E-state index is -0.259. The van der Waals surface area contributed by atoms with Crippen LogP contribution < -0.4 is 11.1 Å².